The number of carbonyl (C=O) groups excluding carboxylic acids is 1. The largest absolute Gasteiger partial charge is 0.497 e. The molecule has 2 aromatic heterocycles. The van der Waals surface area contributed by atoms with Gasteiger partial charge in [0.2, 0.25) is 0 Å². The van der Waals surface area contributed by atoms with E-state index in [9.17, 15) is 4.79 Å². The second-order valence-electron chi connectivity index (χ2n) is 5.78. The number of nitrogens with zero attached hydrogens (tertiary/aromatic N) is 2. The van der Waals surface area contributed by atoms with Gasteiger partial charge in [0.1, 0.15) is 17.0 Å². The molecule has 0 N–H and O–H groups in total. The van der Waals surface area contributed by atoms with Crippen molar-refractivity contribution in [3.8, 4) is 5.75 Å². The van der Waals surface area contributed by atoms with Crippen LogP contribution in [0.1, 0.15) is 16.1 Å². The molecule has 0 saturated heterocycles. The van der Waals surface area contributed by atoms with Gasteiger partial charge in [-0.1, -0.05) is 29.0 Å². The van der Waals surface area contributed by atoms with Crippen molar-refractivity contribution >= 4 is 44.2 Å². The third kappa shape index (κ3) is 3.54. The minimum Gasteiger partial charge on any atom is -0.497 e. The van der Waals surface area contributed by atoms with Crippen molar-refractivity contribution in [3.05, 3.63) is 77.2 Å². The first-order valence-electron chi connectivity index (χ1n) is 8.19. The van der Waals surface area contributed by atoms with E-state index in [-0.39, 0.29) is 12.5 Å². The highest BCUT2D eigenvalue weighted by molar-refractivity contribution is 7.22. The first-order chi connectivity index (χ1) is 13.2. The van der Waals surface area contributed by atoms with Gasteiger partial charge >= 0.3 is 0 Å². The van der Waals surface area contributed by atoms with Crippen molar-refractivity contribution in [2.45, 2.75) is 6.54 Å². The van der Waals surface area contributed by atoms with Crippen LogP contribution in [0.15, 0.2) is 65.3 Å². The van der Waals surface area contributed by atoms with E-state index in [2.05, 4.69) is 4.98 Å². The maximum Gasteiger partial charge on any atom is 0.260 e. The van der Waals surface area contributed by atoms with Crippen LogP contribution in [-0.4, -0.2) is 18.0 Å². The Labute approximate surface area is 164 Å². The maximum absolute atomic E-state index is 13.2. The quantitative estimate of drug-likeness (QED) is 0.451. The van der Waals surface area contributed by atoms with Gasteiger partial charge in [0.05, 0.1) is 29.6 Å². The number of furan rings is 1. The second-order valence-corrected chi connectivity index (χ2v) is 7.20. The van der Waals surface area contributed by atoms with Gasteiger partial charge < -0.3 is 9.15 Å². The summed E-state index contributed by atoms with van der Waals surface area (Å²) in [6, 6.07) is 16.2. The van der Waals surface area contributed by atoms with Gasteiger partial charge in [-0.15, -0.1) is 0 Å². The van der Waals surface area contributed by atoms with Crippen LogP contribution in [0, 0.1) is 0 Å². The number of hydrogen-bond acceptors (Lipinski definition) is 5. The average molecular weight is 399 g/mol. The molecule has 2 aromatic carbocycles. The van der Waals surface area contributed by atoms with Crippen LogP contribution < -0.4 is 9.64 Å². The molecule has 0 aliphatic rings. The van der Waals surface area contributed by atoms with Crippen LogP contribution in [-0.2, 0) is 6.54 Å². The lowest BCUT2D eigenvalue weighted by Gasteiger charge is -2.19. The summed E-state index contributed by atoms with van der Waals surface area (Å²) in [4.78, 5) is 19.4. The number of anilines is 1. The van der Waals surface area contributed by atoms with Crippen LogP contribution >= 0.6 is 22.9 Å². The molecule has 0 saturated carbocycles. The number of methoxy groups -OCH3 is 1. The number of benzene rings is 2. The van der Waals surface area contributed by atoms with Crippen LogP contribution in [0.2, 0.25) is 5.02 Å². The predicted octanol–water partition coefficient (Wildman–Crippen LogP) is 5.40. The Morgan fingerprint density at radius 3 is 2.67 bits per heavy atom. The molecule has 2 heterocycles. The van der Waals surface area contributed by atoms with E-state index in [0.717, 1.165) is 4.70 Å². The minimum atomic E-state index is -0.177. The Morgan fingerprint density at radius 2 is 2.00 bits per heavy atom. The number of para-hydroxylation sites is 1. The molecule has 136 valence electrons. The molecule has 0 fully saturated rings. The summed E-state index contributed by atoms with van der Waals surface area (Å²) in [6.45, 7) is 0.273. The van der Waals surface area contributed by atoms with Crippen molar-refractivity contribution in [3.63, 3.8) is 0 Å². The summed E-state index contributed by atoms with van der Waals surface area (Å²) >= 11 is 7.67. The number of aromatic nitrogens is 1. The molecule has 4 aromatic rings. The van der Waals surface area contributed by atoms with Crippen LogP contribution in [0.4, 0.5) is 5.13 Å². The summed E-state index contributed by atoms with van der Waals surface area (Å²) < 4.78 is 11.5. The smallest absolute Gasteiger partial charge is 0.260 e. The van der Waals surface area contributed by atoms with E-state index in [1.807, 2.05) is 18.2 Å². The summed E-state index contributed by atoms with van der Waals surface area (Å²) in [5.41, 5.74) is 1.22. The number of hydrogen-bond donors (Lipinski definition) is 0. The molecule has 0 unspecified atom stereocenters. The fourth-order valence-corrected chi connectivity index (χ4v) is 3.96. The van der Waals surface area contributed by atoms with Crippen molar-refractivity contribution in [2.75, 3.05) is 12.0 Å². The van der Waals surface area contributed by atoms with E-state index in [4.69, 9.17) is 20.8 Å². The molecule has 7 heteroatoms. The number of thiazole rings is 1. The normalized spacial score (nSPS) is 10.9. The van der Waals surface area contributed by atoms with Gasteiger partial charge in [0.25, 0.3) is 5.91 Å². The van der Waals surface area contributed by atoms with Gasteiger partial charge in [-0.25, -0.2) is 4.98 Å². The number of halogens is 1. The molecule has 5 nitrogen and oxygen atoms in total. The summed E-state index contributed by atoms with van der Waals surface area (Å²) in [7, 11) is 1.59. The third-order valence-electron chi connectivity index (χ3n) is 4.07. The number of ether oxygens (including phenoxy) is 1. The monoisotopic (exact) mass is 398 g/mol. The Morgan fingerprint density at radius 1 is 1.19 bits per heavy atom. The predicted molar refractivity (Wildman–Crippen MR) is 107 cm³/mol. The summed E-state index contributed by atoms with van der Waals surface area (Å²) in [5.74, 6) is 1.18. The van der Waals surface area contributed by atoms with Gasteiger partial charge in [0.15, 0.2) is 5.13 Å². The number of rotatable bonds is 5. The molecule has 0 bridgehead atoms. The highest BCUT2D eigenvalue weighted by Crippen LogP contribution is 2.34. The molecular weight excluding hydrogens is 384 g/mol. The summed E-state index contributed by atoms with van der Waals surface area (Å²) in [6.07, 6.45) is 1.58. The number of amides is 1. The van der Waals surface area contributed by atoms with Gasteiger partial charge in [-0.3, -0.25) is 9.69 Å². The topological polar surface area (TPSA) is 55.6 Å². The molecule has 0 spiro atoms. The fraction of sp³-hybridized carbons (Fsp3) is 0.100. The highest BCUT2D eigenvalue weighted by Gasteiger charge is 2.23. The van der Waals surface area contributed by atoms with Gasteiger partial charge in [0, 0.05) is 5.56 Å². The molecule has 0 aliphatic heterocycles. The molecular formula is C20H15ClN2O3S. The van der Waals surface area contributed by atoms with E-state index in [1.54, 1.807) is 54.7 Å². The Bertz CT molecular complexity index is 1070. The Balaban J connectivity index is 1.75. The maximum atomic E-state index is 13.2. The van der Waals surface area contributed by atoms with Crippen LogP contribution in [0.3, 0.4) is 0 Å². The SMILES string of the molecule is COc1ccc(C(=O)N(Cc2ccco2)c2nc3c(Cl)cccc3s2)cc1. The average Bonchev–Trinajstić information content (AvgIpc) is 3.36. The Kier molecular flexibility index (Phi) is 4.83. The van der Waals surface area contributed by atoms with E-state index < -0.39 is 0 Å². The minimum absolute atomic E-state index is 0.177. The van der Waals surface area contributed by atoms with E-state index >= 15 is 0 Å². The van der Waals surface area contributed by atoms with Gasteiger partial charge in [-0.2, -0.15) is 0 Å². The van der Waals surface area contributed by atoms with Crippen molar-refractivity contribution in [1.82, 2.24) is 4.98 Å². The highest BCUT2D eigenvalue weighted by atomic mass is 35.5. The van der Waals surface area contributed by atoms with E-state index in [0.29, 0.717) is 32.7 Å². The first kappa shape index (κ1) is 17.6. The third-order valence-corrected chi connectivity index (χ3v) is 5.41. The van der Waals surface area contributed by atoms with Crippen molar-refractivity contribution in [1.29, 1.82) is 0 Å². The van der Waals surface area contributed by atoms with Crippen LogP contribution in [0.25, 0.3) is 10.2 Å². The molecule has 0 atom stereocenters. The molecule has 0 radical (unpaired) electrons. The second kappa shape index (κ2) is 7.42. The fourth-order valence-electron chi connectivity index (χ4n) is 2.69. The van der Waals surface area contributed by atoms with E-state index in [1.165, 1.54) is 11.3 Å². The van der Waals surface area contributed by atoms with Crippen LogP contribution in [0.5, 0.6) is 5.75 Å². The molecule has 27 heavy (non-hydrogen) atoms. The first-order valence-corrected chi connectivity index (χ1v) is 9.38. The lowest BCUT2D eigenvalue weighted by atomic mass is 10.2. The standard InChI is InChI=1S/C20H15ClN2O3S/c1-25-14-9-7-13(8-10-14)19(24)23(12-15-4-3-11-26-15)20-22-18-16(21)5-2-6-17(18)27-20/h2-11H,12H2,1H3. The Hall–Kier alpha value is -2.83. The molecule has 0 aliphatic carbocycles. The number of fused-ring (bicyclic) bond motifs is 1. The van der Waals surface area contributed by atoms with Crippen molar-refractivity contribution < 1.29 is 13.9 Å². The summed E-state index contributed by atoms with van der Waals surface area (Å²) in [5, 5.41) is 1.13. The zero-order chi connectivity index (χ0) is 18.8. The van der Waals surface area contributed by atoms with Gasteiger partial charge in [-0.05, 0) is 48.5 Å². The lowest BCUT2D eigenvalue weighted by molar-refractivity contribution is 0.0983. The molecule has 4 rings (SSSR count). The number of carbonyl (C=O) groups is 1. The van der Waals surface area contributed by atoms with Crippen molar-refractivity contribution in [2.24, 2.45) is 0 Å². The lowest BCUT2D eigenvalue weighted by Crippen LogP contribution is -2.30. The molecule has 1 amide bonds. The zero-order valence-corrected chi connectivity index (χ0v) is 16.0. The zero-order valence-electron chi connectivity index (χ0n) is 14.4.